The molecule has 0 spiro atoms. The van der Waals surface area contributed by atoms with E-state index in [2.05, 4.69) is 30.1 Å². The van der Waals surface area contributed by atoms with Crippen LogP contribution in [0, 0.1) is 6.92 Å². The van der Waals surface area contributed by atoms with Crippen LogP contribution in [0.25, 0.3) is 21.7 Å². The van der Waals surface area contributed by atoms with Gasteiger partial charge >= 0.3 is 11.9 Å². The molecule has 0 aliphatic heterocycles. The van der Waals surface area contributed by atoms with E-state index in [0.717, 1.165) is 17.0 Å². The third kappa shape index (κ3) is 5.48. The topological polar surface area (TPSA) is 182 Å². The fraction of sp³-hybridized carbons (Fsp3) is 0.250. The lowest BCUT2D eigenvalue weighted by molar-refractivity contribution is -0.145. The summed E-state index contributed by atoms with van der Waals surface area (Å²) in [5.41, 5.74) is 4.71. The number of halogens is 3. The quantitative estimate of drug-likeness (QED) is 0.328. The van der Waals surface area contributed by atoms with Crippen molar-refractivity contribution in [2.45, 2.75) is 26.2 Å². The van der Waals surface area contributed by atoms with Crippen LogP contribution >= 0.6 is 11.3 Å². The van der Waals surface area contributed by atoms with Crippen LogP contribution in [-0.4, -0.2) is 49.7 Å². The van der Waals surface area contributed by atoms with Crippen LogP contribution in [0.15, 0.2) is 44.4 Å². The highest BCUT2D eigenvalue weighted by Gasteiger charge is 2.34. The van der Waals surface area contributed by atoms with E-state index < -0.39 is 29.2 Å². The molecule has 0 aliphatic carbocycles. The standard InChI is InChI=1S/C12H13N7O4.C8H4F3N3S/c1-6-15-8(23-16-6)4-19-11(21)9-10(17(2)12(19)22)14-5-18(9)3-7(13)20;9-8(10,11)7-13-3-5(4-14-7)6-12-1-2-15-6/h5H,3-4H2,1-2H3,(H2,13,20);1-4H. The molecule has 38 heavy (non-hydrogen) atoms. The average molecular weight is 550 g/mol. The van der Waals surface area contributed by atoms with Crippen molar-refractivity contribution in [2.75, 3.05) is 0 Å². The summed E-state index contributed by atoms with van der Waals surface area (Å²) in [6.45, 7) is 1.23. The Bertz CT molecular complexity index is 1700. The molecule has 14 nitrogen and oxygen atoms in total. The minimum Gasteiger partial charge on any atom is -0.368 e. The van der Waals surface area contributed by atoms with E-state index in [1.807, 2.05) is 0 Å². The van der Waals surface area contributed by atoms with Crippen LogP contribution in [0.4, 0.5) is 13.2 Å². The van der Waals surface area contributed by atoms with Gasteiger partial charge in [0.15, 0.2) is 17.0 Å². The number of nitrogens with zero attached hydrogens (tertiary/aromatic N) is 9. The Labute approximate surface area is 213 Å². The zero-order valence-electron chi connectivity index (χ0n) is 19.6. The molecule has 0 bridgehead atoms. The molecule has 0 saturated heterocycles. The second-order valence-corrected chi connectivity index (χ2v) is 8.50. The molecule has 2 N–H and O–H groups in total. The summed E-state index contributed by atoms with van der Waals surface area (Å²) in [6.07, 6.45) is 0.597. The first-order valence-electron chi connectivity index (χ1n) is 10.5. The molecule has 0 fully saturated rings. The van der Waals surface area contributed by atoms with Gasteiger partial charge in [-0.2, -0.15) is 18.2 Å². The SMILES string of the molecule is Cc1noc(Cn2c(=O)c3c(ncn3CC(N)=O)n(C)c2=O)n1.FC(F)(F)c1ncc(-c2nccs2)cn1. The fourth-order valence-corrected chi connectivity index (χ4v) is 3.85. The van der Waals surface area contributed by atoms with E-state index in [1.165, 1.54) is 33.8 Å². The second kappa shape index (κ2) is 10.3. The molecule has 0 aliphatic rings. The summed E-state index contributed by atoms with van der Waals surface area (Å²) in [5.74, 6) is -1.24. The lowest BCUT2D eigenvalue weighted by Crippen LogP contribution is -2.40. The number of carbonyl (C=O) groups excluding carboxylic acids is 1. The molecule has 1 amide bonds. The van der Waals surface area contributed by atoms with Crippen molar-refractivity contribution in [1.29, 1.82) is 0 Å². The van der Waals surface area contributed by atoms with Crippen LogP contribution in [0.3, 0.4) is 0 Å². The van der Waals surface area contributed by atoms with Crippen molar-refractivity contribution in [3.05, 3.63) is 68.7 Å². The van der Waals surface area contributed by atoms with Crippen LogP contribution in [0.1, 0.15) is 17.5 Å². The summed E-state index contributed by atoms with van der Waals surface area (Å²) in [7, 11) is 1.47. The highest BCUT2D eigenvalue weighted by atomic mass is 32.1. The van der Waals surface area contributed by atoms with Gasteiger partial charge in [0.05, 0.1) is 6.33 Å². The van der Waals surface area contributed by atoms with Gasteiger partial charge in [0.25, 0.3) is 5.56 Å². The van der Waals surface area contributed by atoms with E-state index in [4.69, 9.17) is 10.3 Å². The summed E-state index contributed by atoms with van der Waals surface area (Å²) in [6, 6.07) is 0. The molecule has 5 aromatic rings. The van der Waals surface area contributed by atoms with Gasteiger partial charge in [0.2, 0.25) is 17.6 Å². The van der Waals surface area contributed by atoms with Crippen molar-refractivity contribution >= 4 is 28.4 Å². The summed E-state index contributed by atoms with van der Waals surface area (Å²) >= 11 is 1.32. The predicted octanol–water partition coefficient (Wildman–Crippen LogP) is 0.741. The van der Waals surface area contributed by atoms with Crippen molar-refractivity contribution in [1.82, 2.24) is 43.8 Å². The van der Waals surface area contributed by atoms with Crippen LogP contribution in [0.5, 0.6) is 0 Å². The molecule has 0 aromatic carbocycles. The number of imidazole rings is 1. The number of thiazole rings is 1. The van der Waals surface area contributed by atoms with Crippen molar-refractivity contribution in [3.8, 4) is 10.6 Å². The van der Waals surface area contributed by atoms with Gasteiger partial charge in [-0.25, -0.2) is 29.3 Å². The number of rotatable bonds is 5. The maximum atomic E-state index is 12.6. The third-order valence-corrected chi connectivity index (χ3v) is 5.70. The Balaban J connectivity index is 0.000000194. The molecule has 5 rings (SSSR count). The largest absolute Gasteiger partial charge is 0.451 e. The number of nitrogens with two attached hydrogens (primary N) is 1. The summed E-state index contributed by atoms with van der Waals surface area (Å²) in [5, 5.41) is 5.94. The van der Waals surface area contributed by atoms with Crippen LogP contribution in [0.2, 0.25) is 0 Å². The van der Waals surface area contributed by atoms with Crippen LogP contribution < -0.4 is 17.0 Å². The van der Waals surface area contributed by atoms with Crippen molar-refractivity contribution in [2.24, 2.45) is 12.8 Å². The van der Waals surface area contributed by atoms with E-state index >= 15 is 0 Å². The van der Waals surface area contributed by atoms with E-state index in [0.29, 0.717) is 16.4 Å². The molecule has 0 atom stereocenters. The molecule has 198 valence electrons. The van der Waals surface area contributed by atoms with Crippen molar-refractivity contribution < 1.29 is 22.5 Å². The molecule has 0 radical (unpaired) electrons. The maximum absolute atomic E-state index is 12.6. The van der Waals surface area contributed by atoms with E-state index in [-0.39, 0.29) is 30.1 Å². The maximum Gasteiger partial charge on any atom is 0.451 e. The number of carbonyl (C=O) groups is 1. The van der Waals surface area contributed by atoms with Gasteiger partial charge < -0.3 is 14.8 Å². The predicted molar refractivity (Wildman–Crippen MR) is 125 cm³/mol. The average Bonchev–Trinajstić information content (AvgIpc) is 3.62. The van der Waals surface area contributed by atoms with E-state index in [1.54, 1.807) is 18.5 Å². The number of hydrogen-bond acceptors (Lipinski definition) is 11. The van der Waals surface area contributed by atoms with Gasteiger partial charge in [-0.1, -0.05) is 5.16 Å². The number of primary amides is 1. The molecule has 5 heterocycles. The first-order chi connectivity index (χ1) is 18.0. The number of amides is 1. The first kappa shape index (κ1) is 26.3. The Morgan fingerprint density at radius 2 is 1.87 bits per heavy atom. The molecule has 5 aromatic heterocycles. The smallest absolute Gasteiger partial charge is 0.368 e. The Morgan fingerprint density at radius 3 is 2.42 bits per heavy atom. The van der Waals surface area contributed by atoms with Gasteiger partial charge in [-0.05, 0) is 6.92 Å². The number of alkyl halides is 3. The second-order valence-electron chi connectivity index (χ2n) is 7.61. The van der Waals surface area contributed by atoms with Gasteiger partial charge in [-0.15, -0.1) is 11.3 Å². The summed E-state index contributed by atoms with van der Waals surface area (Å²) < 4.78 is 44.8. The number of fused-ring (bicyclic) bond motifs is 1. The first-order valence-corrected chi connectivity index (χ1v) is 11.3. The highest BCUT2D eigenvalue weighted by Crippen LogP contribution is 2.27. The summed E-state index contributed by atoms with van der Waals surface area (Å²) in [4.78, 5) is 54.5. The van der Waals surface area contributed by atoms with Crippen molar-refractivity contribution in [3.63, 3.8) is 0 Å². The van der Waals surface area contributed by atoms with Gasteiger partial charge in [0.1, 0.15) is 18.1 Å². The number of aryl methyl sites for hydroxylation is 2. The highest BCUT2D eigenvalue weighted by molar-refractivity contribution is 7.13. The minimum atomic E-state index is -4.50. The van der Waals surface area contributed by atoms with Crippen LogP contribution in [-0.2, 0) is 31.1 Å². The third-order valence-electron chi connectivity index (χ3n) is 4.88. The monoisotopic (exact) mass is 550 g/mol. The zero-order valence-corrected chi connectivity index (χ0v) is 20.4. The van der Waals surface area contributed by atoms with Gasteiger partial charge in [-0.3, -0.25) is 14.2 Å². The zero-order chi connectivity index (χ0) is 27.6. The Kier molecular flexibility index (Phi) is 7.15. The lowest BCUT2D eigenvalue weighted by Gasteiger charge is -2.07. The minimum absolute atomic E-state index is 0.0992. The normalized spacial score (nSPS) is 11.4. The van der Waals surface area contributed by atoms with Gasteiger partial charge in [0, 0.05) is 36.6 Å². The molecule has 18 heteroatoms. The lowest BCUT2D eigenvalue weighted by atomic mass is 10.3. The molecule has 0 saturated carbocycles. The number of hydrogen-bond donors (Lipinski definition) is 1. The Hall–Kier alpha value is -4.74. The Morgan fingerprint density at radius 1 is 1.16 bits per heavy atom. The fourth-order valence-electron chi connectivity index (χ4n) is 3.24. The number of aromatic nitrogens is 9. The molecular formula is C20H17F3N10O4S. The van der Waals surface area contributed by atoms with E-state index in [9.17, 15) is 27.6 Å². The molecule has 0 unspecified atom stereocenters. The molecular weight excluding hydrogens is 533 g/mol.